The van der Waals surface area contributed by atoms with E-state index in [1.54, 1.807) is 0 Å². The zero-order valence-corrected chi connectivity index (χ0v) is 10.1. The normalized spacial score (nSPS) is 10.8. The quantitative estimate of drug-likeness (QED) is 0.784. The molecule has 16 heavy (non-hydrogen) atoms. The molecule has 2 rings (SSSR count). The van der Waals surface area contributed by atoms with Gasteiger partial charge in [0.25, 0.3) is 0 Å². The molecule has 0 aliphatic carbocycles. The van der Waals surface area contributed by atoms with Crippen LogP contribution in [0, 0.1) is 0 Å². The maximum Gasteiger partial charge on any atom is 0.0929 e. The first-order chi connectivity index (χ1) is 7.66. The first-order valence-electron chi connectivity index (χ1n) is 5.26. The van der Waals surface area contributed by atoms with Gasteiger partial charge in [-0.1, -0.05) is 37.6 Å². The minimum Gasteiger partial charge on any atom is -0.155 e. The summed E-state index contributed by atoms with van der Waals surface area (Å²) >= 11 is 5.83. The van der Waals surface area contributed by atoms with E-state index < -0.39 is 0 Å². The molecule has 0 aliphatic rings. The monoisotopic (exact) mass is 232 g/mol. The molecule has 0 saturated heterocycles. The van der Waals surface area contributed by atoms with Crippen molar-refractivity contribution in [2.45, 2.75) is 19.8 Å². The lowest BCUT2D eigenvalue weighted by molar-refractivity contribution is 0.787. The molecule has 0 amide bonds. The van der Waals surface area contributed by atoms with E-state index in [0.717, 1.165) is 22.0 Å². The molecule has 0 fully saturated rings. The van der Waals surface area contributed by atoms with Gasteiger partial charge in [0.1, 0.15) is 0 Å². The van der Waals surface area contributed by atoms with Crippen LogP contribution in [0.3, 0.4) is 0 Å². The van der Waals surface area contributed by atoms with Crippen molar-refractivity contribution in [2.24, 2.45) is 0 Å². The fraction of sp³-hybridized carbons (Fsp3) is 0.231. The Kier molecular flexibility index (Phi) is 3.20. The summed E-state index contributed by atoms with van der Waals surface area (Å²) in [6, 6.07) is 11.6. The molecule has 3 heteroatoms. The topological polar surface area (TPSA) is 25.8 Å². The summed E-state index contributed by atoms with van der Waals surface area (Å²) in [4.78, 5) is 0. The number of hydrogen-bond donors (Lipinski definition) is 0. The molecule has 1 aromatic heterocycles. The highest BCUT2D eigenvalue weighted by Gasteiger charge is 2.03. The van der Waals surface area contributed by atoms with E-state index in [1.807, 2.05) is 36.4 Å². The molecule has 82 valence electrons. The molecule has 2 nitrogen and oxygen atoms in total. The lowest BCUT2D eigenvalue weighted by Crippen LogP contribution is -1.95. The SMILES string of the molecule is CC(C)c1ccc(-c2ccc(Cl)cc2)nn1. The van der Waals surface area contributed by atoms with Gasteiger partial charge in [-0.05, 0) is 30.2 Å². The summed E-state index contributed by atoms with van der Waals surface area (Å²) in [6.45, 7) is 4.21. The smallest absolute Gasteiger partial charge is 0.0929 e. The lowest BCUT2D eigenvalue weighted by atomic mass is 10.1. The van der Waals surface area contributed by atoms with Gasteiger partial charge in [-0.25, -0.2) is 0 Å². The van der Waals surface area contributed by atoms with Crippen LogP contribution in [0.4, 0.5) is 0 Å². The molecule has 0 saturated carbocycles. The van der Waals surface area contributed by atoms with Gasteiger partial charge < -0.3 is 0 Å². The van der Waals surface area contributed by atoms with Crippen LogP contribution < -0.4 is 0 Å². The number of benzene rings is 1. The molecule has 0 unspecified atom stereocenters. The Balaban J connectivity index is 2.31. The third-order valence-electron chi connectivity index (χ3n) is 2.42. The maximum absolute atomic E-state index is 5.83. The van der Waals surface area contributed by atoms with Gasteiger partial charge in [-0.15, -0.1) is 0 Å². The summed E-state index contributed by atoms with van der Waals surface area (Å²) < 4.78 is 0. The number of halogens is 1. The van der Waals surface area contributed by atoms with Gasteiger partial charge in [0.15, 0.2) is 0 Å². The van der Waals surface area contributed by atoms with Crippen molar-refractivity contribution in [3.63, 3.8) is 0 Å². The molecular weight excluding hydrogens is 220 g/mol. The minimum absolute atomic E-state index is 0.409. The van der Waals surface area contributed by atoms with Crippen molar-refractivity contribution in [1.82, 2.24) is 10.2 Å². The summed E-state index contributed by atoms with van der Waals surface area (Å²) in [5.41, 5.74) is 2.92. The van der Waals surface area contributed by atoms with E-state index in [-0.39, 0.29) is 0 Å². The second-order valence-corrected chi connectivity index (χ2v) is 4.44. The summed E-state index contributed by atoms with van der Waals surface area (Å²) in [5, 5.41) is 9.13. The standard InChI is InChI=1S/C13H13ClN2/c1-9(2)12-7-8-13(16-15-12)10-3-5-11(14)6-4-10/h3-9H,1-2H3. The van der Waals surface area contributed by atoms with Crippen LogP contribution in [0.25, 0.3) is 11.3 Å². The molecule has 0 N–H and O–H groups in total. The molecular formula is C13H13ClN2. The fourth-order valence-electron chi connectivity index (χ4n) is 1.43. The van der Waals surface area contributed by atoms with Crippen LogP contribution in [0.1, 0.15) is 25.5 Å². The third kappa shape index (κ3) is 2.39. The molecule has 0 aliphatic heterocycles. The predicted octanol–water partition coefficient (Wildman–Crippen LogP) is 3.92. The lowest BCUT2D eigenvalue weighted by Gasteiger charge is -2.04. The number of hydrogen-bond acceptors (Lipinski definition) is 2. The van der Waals surface area contributed by atoms with E-state index in [9.17, 15) is 0 Å². The van der Waals surface area contributed by atoms with E-state index >= 15 is 0 Å². The van der Waals surface area contributed by atoms with Crippen LogP contribution in [-0.4, -0.2) is 10.2 Å². The first-order valence-corrected chi connectivity index (χ1v) is 5.64. The van der Waals surface area contributed by atoms with Crippen LogP contribution in [0.2, 0.25) is 5.02 Å². The van der Waals surface area contributed by atoms with Crippen molar-refractivity contribution in [1.29, 1.82) is 0 Å². The van der Waals surface area contributed by atoms with Gasteiger partial charge in [0.2, 0.25) is 0 Å². The van der Waals surface area contributed by atoms with Gasteiger partial charge in [-0.2, -0.15) is 10.2 Å². The van der Waals surface area contributed by atoms with Crippen molar-refractivity contribution in [3.05, 3.63) is 47.1 Å². The van der Waals surface area contributed by atoms with Gasteiger partial charge in [0, 0.05) is 10.6 Å². The molecule has 0 atom stereocenters. The van der Waals surface area contributed by atoms with E-state index in [1.165, 1.54) is 0 Å². The second-order valence-electron chi connectivity index (χ2n) is 4.01. The van der Waals surface area contributed by atoms with Gasteiger partial charge in [-0.3, -0.25) is 0 Å². The number of aromatic nitrogens is 2. The highest BCUT2D eigenvalue weighted by atomic mass is 35.5. The predicted molar refractivity (Wildman–Crippen MR) is 66.6 cm³/mol. The zero-order valence-electron chi connectivity index (χ0n) is 9.31. The molecule has 2 aromatic rings. The van der Waals surface area contributed by atoms with E-state index in [4.69, 9.17) is 11.6 Å². The Morgan fingerprint density at radius 2 is 1.62 bits per heavy atom. The van der Waals surface area contributed by atoms with E-state index in [0.29, 0.717) is 5.92 Å². The Hall–Kier alpha value is -1.41. The Labute approximate surface area is 100 Å². The largest absolute Gasteiger partial charge is 0.155 e. The Bertz CT molecular complexity index is 460. The van der Waals surface area contributed by atoms with Gasteiger partial charge >= 0.3 is 0 Å². The van der Waals surface area contributed by atoms with E-state index in [2.05, 4.69) is 24.0 Å². The van der Waals surface area contributed by atoms with Crippen molar-refractivity contribution < 1.29 is 0 Å². The van der Waals surface area contributed by atoms with Crippen molar-refractivity contribution in [2.75, 3.05) is 0 Å². The highest BCUT2D eigenvalue weighted by Crippen LogP contribution is 2.20. The second kappa shape index (κ2) is 4.62. The molecule has 0 spiro atoms. The van der Waals surface area contributed by atoms with Crippen LogP contribution in [0.5, 0.6) is 0 Å². The zero-order chi connectivity index (χ0) is 11.5. The summed E-state index contributed by atoms with van der Waals surface area (Å²) in [5.74, 6) is 0.409. The Morgan fingerprint density at radius 3 is 2.12 bits per heavy atom. The summed E-state index contributed by atoms with van der Waals surface area (Å²) in [6.07, 6.45) is 0. The molecule has 0 radical (unpaired) electrons. The maximum atomic E-state index is 5.83. The average Bonchev–Trinajstić information content (AvgIpc) is 2.30. The number of rotatable bonds is 2. The van der Waals surface area contributed by atoms with Crippen LogP contribution in [0.15, 0.2) is 36.4 Å². The third-order valence-corrected chi connectivity index (χ3v) is 2.67. The highest BCUT2D eigenvalue weighted by molar-refractivity contribution is 6.30. The molecule has 1 aromatic carbocycles. The number of nitrogens with zero attached hydrogens (tertiary/aromatic N) is 2. The van der Waals surface area contributed by atoms with Gasteiger partial charge in [0.05, 0.1) is 11.4 Å². The van der Waals surface area contributed by atoms with Crippen molar-refractivity contribution >= 4 is 11.6 Å². The minimum atomic E-state index is 0.409. The average molecular weight is 233 g/mol. The van der Waals surface area contributed by atoms with Crippen molar-refractivity contribution in [3.8, 4) is 11.3 Å². The van der Waals surface area contributed by atoms with Crippen LogP contribution in [-0.2, 0) is 0 Å². The summed E-state index contributed by atoms with van der Waals surface area (Å²) in [7, 11) is 0. The molecule has 1 heterocycles. The van der Waals surface area contributed by atoms with Crippen LogP contribution >= 0.6 is 11.6 Å². The molecule has 0 bridgehead atoms. The first kappa shape index (κ1) is 11.1. The fourth-order valence-corrected chi connectivity index (χ4v) is 1.55. The Morgan fingerprint density at radius 1 is 0.938 bits per heavy atom.